The van der Waals surface area contributed by atoms with E-state index < -0.39 is 46.5 Å². The molecule has 2 aliphatic rings. The first-order valence-corrected chi connectivity index (χ1v) is 9.79. The molecule has 0 N–H and O–H groups in total. The lowest BCUT2D eigenvalue weighted by atomic mass is 9.75. The number of rotatable bonds is 2. The van der Waals surface area contributed by atoms with Crippen molar-refractivity contribution in [3.05, 3.63) is 35.1 Å². The number of hydrogen-bond donors (Lipinski definition) is 0. The van der Waals surface area contributed by atoms with E-state index in [0.29, 0.717) is 31.0 Å². The third-order valence-electron chi connectivity index (χ3n) is 5.50. The van der Waals surface area contributed by atoms with Crippen molar-refractivity contribution in [3.63, 3.8) is 0 Å². The second kappa shape index (κ2) is 7.61. The van der Waals surface area contributed by atoms with E-state index in [1.807, 2.05) is 0 Å². The van der Waals surface area contributed by atoms with Crippen molar-refractivity contribution in [1.29, 1.82) is 0 Å². The Morgan fingerprint density at radius 2 is 1.66 bits per heavy atom. The second-order valence-electron chi connectivity index (χ2n) is 8.85. The summed E-state index contributed by atoms with van der Waals surface area (Å²) < 4.78 is 59.1. The summed E-state index contributed by atoms with van der Waals surface area (Å²) in [5, 5.41) is 0. The topological polar surface area (TPSA) is 46.6 Å². The van der Waals surface area contributed by atoms with E-state index in [-0.39, 0.29) is 24.9 Å². The van der Waals surface area contributed by atoms with Crippen molar-refractivity contribution in [2.75, 3.05) is 0 Å². The third-order valence-corrected chi connectivity index (χ3v) is 5.50. The maximum Gasteiger partial charge on any atom is 0.417 e. The molecule has 3 rings (SSSR count). The van der Waals surface area contributed by atoms with Gasteiger partial charge in [0.05, 0.1) is 5.56 Å². The number of carbonyl (C=O) groups excluding carboxylic acids is 2. The molecule has 1 aromatic rings. The van der Waals surface area contributed by atoms with Gasteiger partial charge in [-0.1, -0.05) is 0 Å². The Hall–Kier alpha value is -2.12. The first-order chi connectivity index (χ1) is 13.4. The number of fused-ring (bicyclic) bond motifs is 2. The molecule has 1 aromatic carbocycles. The van der Waals surface area contributed by atoms with Crippen LogP contribution in [-0.4, -0.2) is 34.5 Å². The van der Waals surface area contributed by atoms with Crippen molar-refractivity contribution in [1.82, 2.24) is 4.90 Å². The molecule has 2 aliphatic heterocycles. The van der Waals surface area contributed by atoms with Crippen molar-refractivity contribution in [3.8, 4) is 0 Å². The number of Topliss-reactive ketones (excluding diaryl/α,β-unsaturated/α-hetero) is 1. The van der Waals surface area contributed by atoms with Crippen LogP contribution in [0.2, 0.25) is 0 Å². The Kier molecular flexibility index (Phi) is 5.66. The SMILES string of the molecule is CC(C)(C)OC(=O)N1C2CCCC1CC(C(=O)c1cc(F)ccc1C(F)(F)F)C2. The van der Waals surface area contributed by atoms with E-state index in [1.165, 1.54) is 0 Å². The van der Waals surface area contributed by atoms with Gasteiger partial charge in [-0.15, -0.1) is 0 Å². The molecule has 2 bridgehead atoms. The lowest BCUT2D eigenvalue weighted by Crippen LogP contribution is -2.56. The van der Waals surface area contributed by atoms with E-state index in [2.05, 4.69) is 0 Å². The summed E-state index contributed by atoms with van der Waals surface area (Å²) in [7, 11) is 0. The Morgan fingerprint density at radius 3 is 2.17 bits per heavy atom. The predicted molar refractivity (Wildman–Crippen MR) is 98.0 cm³/mol. The predicted octanol–water partition coefficient (Wildman–Crippen LogP) is 5.60. The molecule has 4 nitrogen and oxygen atoms in total. The molecule has 1 amide bonds. The van der Waals surface area contributed by atoms with Crippen molar-refractivity contribution in [2.45, 2.75) is 76.7 Å². The second-order valence-corrected chi connectivity index (χ2v) is 8.85. The van der Waals surface area contributed by atoms with Crippen LogP contribution in [0.5, 0.6) is 0 Å². The van der Waals surface area contributed by atoms with E-state index in [1.54, 1.807) is 25.7 Å². The highest BCUT2D eigenvalue weighted by molar-refractivity contribution is 5.99. The highest BCUT2D eigenvalue weighted by Crippen LogP contribution is 2.41. The summed E-state index contributed by atoms with van der Waals surface area (Å²) in [6.45, 7) is 5.29. The minimum absolute atomic E-state index is 0.252. The van der Waals surface area contributed by atoms with Gasteiger partial charge in [0.15, 0.2) is 5.78 Å². The molecule has 0 aromatic heterocycles. The molecule has 2 unspecified atom stereocenters. The first kappa shape index (κ1) is 21.6. The summed E-state index contributed by atoms with van der Waals surface area (Å²) in [5.74, 6) is -2.28. The normalized spacial score (nSPS) is 24.9. The molecule has 8 heteroatoms. The standard InChI is InChI=1S/C21H25F4NO3/c1-20(2,3)29-19(28)26-14-5-4-6-15(26)10-12(9-14)18(27)16-11-13(22)7-8-17(16)21(23,24)25/h7-8,11-12,14-15H,4-6,9-10H2,1-3H3. The number of nitrogens with zero attached hydrogens (tertiary/aromatic N) is 1. The largest absolute Gasteiger partial charge is 0.444 e. The number of piperidine rings is 2. The average molecular weight is 415 g/mol. The molecule has 0 spiro atoms. The van der Waals surface area contributed by atoms with Crippen LogP contribution in [0.15, 0.2) is 18.2 Å². The Labute approximate surface area is 167 Å². The van der Waals surface area contributed by atoms with Crippen molar-refractivity contribution >= 4 is 11.9 Å². The Bertz CT molecular complexity index is 786. The van der Waals surface area contributed by atoms with Gasteiger partial charge >= 0.3 is 12.3 Å². The number of ether oxygens (including phenoxy) is 1. The number of carbonyl (C=O) groups is 2. The van der Waals surface area contributed by atoms with Crippen LogP contribution in [0.25, 0.3) is 0 Å². The van der Waals surface area contributed by atoms with Gasteiger partial charge in [-0.05, 0) is 71.1 Å². The molecule has 0 radical (unpaired) electrons. The van der Waals surface area contributed by atoms with Crippen LogP contribution in [0.3, 0.4) is 0 Å². The van der Waals surface area contributed by atoms with E-state index in [4.69, 9.17) is 4.74 Å². The fourth-order valence-corrected chi connectivity index (χ4v) is 4.40. The molecule has 160 valence electrons. The Morgan fingerprint density at radius 1 is 1.07 bits per heavy atom. The number of halogens is 4. The summed E-state index contributed by atoms with van der Waals surface area (Å²) in [5.41, 5.74) is -2.42. The van der Waals surface area contributed by atoms with E-state index in [9.17, 15) is 27.2 Å². The zero-order valence-electron chi connectivity index (χ0n) is 16.7. The molecule has 0 saturated carbocycles. The Balaban J connectivity index is 1.84. The van der Waals surface area contributed by atoms with Crippen LogP contribution in [0.4, 0.5) is 22.4 Å². The lowest BCUT2D eigenvalue weighted by Gasteiger charge is -2.48. The van der Waals surface area contributed by atoms with Gasteiger partial charge in [0, 0.05) is 23.6 Å². The molecule has 29 heavy (non-hydrogen) atoms. The molecule has 2 atom stereocenters. The van der Waals surface area contributed by atoms with Gasteiger partial charge in [0.1, 0.15) is 11.4 Å². The first-order valence-electron chi connectivity index (χ1n) is 9.79. The number of benzene rings is 1. The van der Waals surface area contributed by atoms with Gasteiger partial charge in [0.2, 0.25) is 0 Å². The summed E-state index contributed by atoms with van der Waals surface area (Å²) in [6.07, 6.45) is -2.50. The van der Waals surface area contributed by atoms with Gasteiger partial charge in [-0.3, -0.25) is 4.79 Å². The van der Waals surface area contributed by atoms with Crippen LogP contribution in [0.1, 0.15) is 68.8 Å². The summed E-state index contributed by atoms with van der Waals surface area (Å²) in [4.78, 5) is 27.2. The molecule has 2 heterocycles. The van der Waals surface area contributed by atoms with E-state index >= 15 is 0 Å². The summed E-state index contributed by atoms with van der Waals surface area (Å²) in [6, 6.07) is 1.45. The van der Waals surface area contributed by atoms with Gasteiger partial charge in [-0.2, -0.15) is 13.2 Å². The van der Waals surface area contributed by atoms with Gasteiger partial charge in [0.25, 0.3) is 0 Å². The maximum absolute atomic E-state index is 13.6. The molecule has 0 aliphatic carbocycles. The van der Waals surface area contributed by atoms with Crippen molar-refractivity contribution < 1.29 is 31.9 Å². The molecular weight excluding hydrogens is 390 g/mol. The lowest BCUT2D eigenvalue weighted by molar-refractivity contribution is -0.138. The smallest absolute Gasteiger partial charge is 0.417 e. The van der Waals surface area contributed by atoms with Crippen LogP contribution in [0, 0.1) is 11.7 Å². The molecular formula is C21H25F4NO3. The van der Waals surface area contributed by atoms with Crippen LogP contribution in [-0.2, 0) is 10.9 Å². The van der Waals surface area contributed by atoms with Crippen molar-refractivity contribution in [2.24, 2.45) is 5.92 Å². The monoisotopic (exact) mass is 415 g/mol. The van der Waals surface area contributed by atoms with Gasteiger partial charge < -0.3 is 9.64 Å². The zero-order chi connectivity index (χ0) is 21.6. The van der Waals surface area contributed by atoms with Gasteiger partial charge in [-0.25, -0.2) is 9.18 Å². The highest BCUT2D eigenvalue weighted by atomic mass is 19.4. The highest BCUT2D eigenvalue weighted by Gasteiger charge is 2.45. The van der Waals surface area contributed by atoms with Crippen LogP contribution < -0.4 is 0 Å². The number of ketones is 1. The number of amides is 1. The minimum Gasteiger partial charge on any atom is -0.444 e. The fourth-order valence-electron chi connectivity index (χ4n) is 4.40. The maximum atomic E-state index is 13.6. The molecule has 2 saturated heterocycles. The quantitative estimate of drug-likeness (QED) is 0.467. The number of hydrogen-bond acceptors (Lipinski definition) is 3. The zero-order valence-corrected chi connectivity index (χ0v) is 16.7. The van der Waals surface area contributed by atoms with Crippen LogP contribution >= 0.6 is 0 Å². The third kappa shape index (κ3) is 4.73. The number of alkyl halides is 3. The minimum atomic E-state index is -4.74. The average Bonchev–Trinajstić information content (AvgIpc) is 2.57. The van der Waals surface area contributed by atoms with E-state index in [0.717, 1.165) is 6.42 Å². The fraction of sp³-hybridized carbons (Fsp3) is 0.619. The summed E-state index contributed by atoms with van der Waals surface area (Å²) >= 11 is 0. The molecule has 2 fully saturated rings.